The average molecular weight is 197 g/mol. The lowest BCUT2D eigenvalue weighted by molar-refractivity contribution is 1.57. The molecule has 0 fully saturated rings. The van der Waals surface area contributed by atoms with Crippen LogP contribution in [0.2, 0.25) is 0 Å². The molecule has 1 rings (SSSR count). The van der Waals surface area contributed by atoms with Crippen LogP contribution in [0.4, 0.5) is 0 Å². The second kappa shape index (κ2) is 5.10. The average Bonchev–Trinajstić information content (AvgIpc) is 2.15. The van der Waals surface area contributed by atoms with E-state index in [1.165, 1.54) is 0 Å². The van der Waals surface area contributed by atoms with Gasteiger partial charge in [-0.2, -0.15) is 4.74 Å². The lowest BCUT2D eigenvalue weighted by atomic mass is 10.2. The van der Waals surface area contributed by atoms with E-state index in [1.54, 1.807) is 0 Å². The quantitative estimate of drug-likeness (QED) is 0.419. The van der Waals surface area contributed by atoms with Gasteiger partial charge in [0.2, 0.25) is 0 Å². The van der Waals surface area contributed by atoms with Gasteiger partial charge in [0.25, 0.3) is 0 Å². The first-order chi connectivity index (χ1) is 5.88. The van der Waals surface area contributed by atoms with Crippen LogP contribution in [0.5, 0.6) is 0 Å². The van der Waals surface area contributed by atoms with Gasteiger partial charge in [-0.25, -0.2) is 4.76 Å². The maximum Gasteiger partial charge on any atom is 0.163 e. The van der Waals surface area contributed by atoms with E-state index in [9.17, 15) is 0 Å². The van der Waals surface area contributed by atoms with Crippen LogP contribution >= 0.6 is 17.9 Å². The van der Waals surface area contributed by atoms with Gasteiger partial charge in [0.05, 0.1) is 8.52 Å². The lowest BCUT2D eigenvalue weighted by Gasteiger charge is -1.96. The third kappa shape index (κ3) is 2.46. The maximum atomic E-state index is 5.26. The second-order valence-corrected chi connectivity index (χ2v) is 2.72. The Balaban J connectivity index is 2.97. The van der Waals surface area contributed by atoms with Crippen molar-refractivity contribution >= 4 is 23.7 Å². The van der Waals surface area contributed by atoms with Crippen molar-refractivity contribution in [3.05, 3.63) is 35.9 Å². The standard InChI is InChI=1S/C7H9N3P2/c8-12-10-7(9-11)6-4-2-1-3-5-6/h1-5H,11H2,(H2,8,9,10). The first-order valence-corrected chi connectivity index (χ1v) is 4.76. The van der Waals surface area contributed by atoms with Gasteiger partial charge < -0.3 is 0 Å². The molecule has 0 aliphatic carbocycles. The summed E-state index contributed by atoms with van der Waals surface area (Å²) >= 11 is 0. The second-order valence-electron chi connectivity index (χ2n) is 2.03. The highest BCUT2D eigenvalue weighted by Gasteiger charge is 1.96. The number of nitrogens with zero attached hydrogens (tertiary/aromatic N) is 2. The van der Waals surface area contributed by atoms with Crippen LogP contribution < -0.4 is 5.50 Å². The van der Waals surface area contributed by atoms with Gasteiger partial charge in [0.15, 0.2) is 5.84 Å². The first kappa shape index (κ1) is 9.47. The van der Waals surface area contributed by atoms with Crippen molar-refractivity contribution in [2.24, 2.45) is 15.0 Å². The van der Waals surface area contributed by atoms with E-state index in [1.807, 2.05) is 30.3 Å². The predicted molar refractivity (Wildman–Crippen MR) is 56.2 cm³/mol. The Bertz CT molecular complexity index is 295. The van der Waals surface area contributed by atoms with Crippen molar-refractivity contribution in [1.82, 2.24) is 0 Å². The predicted octanol–water partition coefficient (Wildman–Crippen LogP) is 2.23. The molecule has 0 aromatic heterocycles. The molecule has 5 heteroatoms. The number of amidine groups is 1. The minimum Gasteiger partial charge on any atom is -0.269 e. The highest BCUT2D eigenvalue weighted by Crippen LogP contribution is 2.06. The van der Waals surface area contributed by atoms with Crippen LogP contribution in [0, 0.1) is 0 Å². The topological polar surface area (TPSA) is 50.7 Å². The molecule has 0 radical (unpaired) electrons. The van der Waals surface area contributed by atoms with E-state index < -0.39 is 0 Å². The molecule has 0 saturated heterocycles. The number of hydrogen-bond acceptors (Lipinski definition) is 1. The van der Waals surface area contributed by atoms with Gasteiger partial charge in [0.1, 0.15) is 0 Å². The summed E-state index contributed by atoms with van der Waals surface area (Å²) in [5, 5.41) is 0. The van der Waals surface area contributed by atoms with Crippen LogP contribution in [0.15, 0.2) is 39.8 Å². The van der Waals surface area contributed by atoms with Crippen molar-refractivity contribution in [2.45, 2.75) is 0 Å². The number of benzene rings is 1. The minimum atomic E-state index is 0.481. The summed E-state index contributed by atoms with van der Waals surface area (Å²) < 4.78 is 7.92. The summed E-state index contributed by atoms with van der Waals surface area (Å²) in [7, 11) is 2.76. The Kier molecular flexibility index (Phi) is 4.02. The van der Waals surface area contributed by atoms with Crippen molar-refractivity contribution in [3.8, 4) is 0 Å². The Morgan fingerprint density at radius 2 is 2.00 bits per heavy atom. The first-order valence-electron chi connectivity index (χ1n) is 3.32. The van der Waals surface area contributed by atoms with Crippen molar-refractivity contribution in [3.63, 3.8) is 0 Å². The smallest absolute Gasteiger partial charge is 0.163 e. The zero-order valence-corrected chi connectivity index (χ0v) is 8.43. The molecule has 1 aromatic carbocycles. The number of rotatable bonds is 1. The van der Waals surface area contributed by atoms with Crippen molar-refractivity contribution < 1.29 is 0 Å². The third-order valence-electron chi connectivity index (χ3n) is 1.31. The fraction of sp³-hybridized carbons (Fsp3) is 0. The molecule has 0 bridgehead atoms. The van der Waals surface area contributed by atoms with E-state index in [0.29, 0.717) is 14.4 Å². The molecule has 0 aliphatic rings. The Morgan fingerprint density at radius 3 is 2.50 bits per heavy atom. The van der Waals surface area contributed by atoms with E-state index in [4.69, 9.17) is 5.50 Å². The molecule has 62 valence electrons. The SMILES string of the molecule is NP=N/C(=N\P)c1ccccc1. The maximum absolute atomic E-state index is 5.26. The highest BCUT2D eigenvalue weighted by atomic mass is 31.1. The molecular formula is C7H9N3P2. The summed E-state index contributed by atoms with van der Waals surface area (Å²) in [4.78, 5) is 0. The molecule has 0 amide bonds. The zero-order chi connectivity index (χ0) is 8.81. The lowest BCUT2D eigenvalue weighted by Crippen LogP contribution is -1.92. The number of hydrogen-bond donors (Lipinski definition) is 1. The van der Waals surface area contributed by atoms with Crippen molar-refractivity contribution in [1.29, 1.82) is 0 Å². The summed E-state index contributed by atoms with van der Waals surface area (Å²) in [5.74, 6) is 0.657. The van der Waals surface area contributed by atoms with E-state index in [0.717, 1.165) is 5.56 Å². The summed E-state index contributed by atoms with van der Waals surface area (Å²) in [6.45, 7) is 0. The minimum absolute atomic E-state index is 0.481. The van der Waals surface area contributed by atoms with Gasteiger partial charge >= 0.3 is 0 Å². The van der Waals surface area contributed by atoms with Crippen LogP contribution in [0.1, 0.15) is 5.56 Å². The van der Waals surface area contributed by atoms with Crippen LogP contribution in [0.3, 0.4) is 0 Å². The van der Waals surface area contributed by atoms with Gasteiger partial charge in [-0.3, -0.25) is 5.50 Å². The molecule has 1 aromatic rings. The number of nitrogens with two attached hydrogens (primary N) is 1. The fourth-order valence-electron chi connectivity index (χ4n) is 0.800. The summed E-state index contributed by atoms with van der Waals surface area (Å²) in [5.41, 5.74) is 6.24. The Labute approximate surface area is 75.3 Å². The van der Waals surface area contributed by atoms with Gasteiger partial charge in [-0.05, 0) is 9.39 Å². The largest absolute Gasteiger partial charge is 0.269 e. The summed E-state index contributed by atoms with van der Waals surface area (Å²) in [6.07, 6.45) is 0. The van der Waals surface area contributed by atoms with Crippen LogP contribution in [-0.2, 0) is 0 Å². The Hall–Kier alpha value is -0.620. The van der Waals surface area contributed by atoms with Crippen LogP contribution in [-0.4, -0.2) is 5.84 Å². The molecule has 0 heterocycles. The summed E-state index contributed by atoms with van der Waals surface area (Å²) in [6, 6.07) is 9.71. The fourth-order valence-corrected chi connectivity index (χ4v) is 1.38. The van der Waals surface area contributed by atoms with E-state index in [-0.39, 0.29) is 0 Å². The van der Waals surface area contributed by atoms with E-state index in [2.05, 4.69) is 18.9 Å². The van der Waals surface area contributed by atoms with Gasteiger partial charge in [-0.1, -0.05) is 30.3 Å². The van der Waals surface area contributed by atoms with Crippen LogP contribution in [0.25, 0.3) is 0 Å². The molecule has 0 spiro atoms. The molecule has 1 atom stereocenters. The third-order valence-corrected chi connectivity index (χ3v) is 1.86. The molecule has 3 nitrogen and oxygen atoms in total. The monoisotopic (exact) mass is 197 g/mol. The molecular weight excluding hydrogens is 188 g/mol. The molecule has 12 heavy (non-hydrogen) atoms. The van der Waals surface area contributed by atoms with Gasteiger partial charge in [-0.15, -0.1) is 0 Å². The van der Waals surface area contributed by atoms with Gasteiger partial charge in [0, 0.05) is 5.56 Å². The zero-order valence-electron chi connectivity index (χ0n) is 6.38. The normalized spacial score (nSPS) is 12.3. The molecule has 0 saturated carbocycles. The molecule has 0 aliphatic heterocycles. The van der Waals surface area contributed by atoms with Crippen molar-refractivity contribution in [2.75, 3.05) is 0 Å². The Morgan fingerprint density at radius 1 is 1.33 bits per heavy atom. The van der Waals surface area contributed by atoms with E-state index >= 15 is 0 Å². The molecule has 2 N–H and O–H groups in total. The highest BCUT2D eigenvalue weighted by molar-refractivity contribution is 7.24. The molecule has 1 unspecified atom stereocenters.